The third-order valence-corrected chi connectivity index (χ3v) is 3.89. The molecule has 0 saturated carbocycles. The van der Waals surface area contributed by atoms with Crippen LogP contribution in [0.25, 0.3) is 0 Å². The first-order valence-corrected chi connectivity index (χ1v) is 10.0. The van der Waals surface area contributed by atoms with E-state index in [1.165, 1.54) is 19.3 Å². The predicted octanol–water partition coefficient (Wildman–Crippen LogP) is 5.60. The summed E-state index contributed by atoms with van der Waals surface area (Å²) >= 11 is 0. The van der Waals surface area contributed by atoms with Gasteiger partial charge in [0.15, 0.2) is 0 Å². The van der Waals surface area contributed by atoms with Crippen LogP contribution in [0.5, 0.6) is 0 Å². The Bertz CT molecular complexity index is 361. The van der Waals surface area contributed by atoms with Crippen molar-refractivity contribution in [3.8, 4) is 0 Å². The van der Waals surface area contributed by atoms with Crippen LogP contribution in [0.3, 0.4) is 0 Å². The summed E-state index contributed by atoms with van der Waals surface area (Å²) in [4.78, 5) is 23.1. The average Bonchev–Trinajstić information content (AvgIpc) is 2.58. The van der Waals surface area contributed by atoms with E-state index in [2.05, 4.69) is 32.9 Å². The van der Waals surface area contributed by atoms with Crippen molar-refractivity contribution in [2.75, 3.05) is 13.2 Å². The zero-order valence-corrected chi connectivity index (χ0v) is 16.6. The first-order chi connectivity index (χ1) is 12.1. The van der Waals surface area contributed by atoms with Crippen molar-refractivity contribution in [3.05, 3.63) is 12.2 Å². The fourth-order valence-electron chi connectivity index (χ4n) is 2.35. The van der Waals surface area contributed by atoms with E-state index >= 15 is 0 Å². The highest BCUT2D eigenvalue weighted by Crippen LogP contribution is 2.06. The molecule has 4 heteroatoms. The second-order valence-electron chi connectivity index (χ2n) is 6.94. The maximum atomic E-state index is 11.6. The Morgan fingerprint density at radius 3 is 2.00 bits per heavy atom. The van der Waals surface area contributed by atoms with Gasteiger partial charge in [0.05, 0.1) is 13.2 Å². The molecule has 0 saturated heterocycles. The van der Waals surface area contributed by atoms with Crippen molar-refractivity contribution in [2.45, 2.75) is 91.4 Å². The van der Waals surface area contributed by atoms with Gasteiger partial charge in [-0.15, -0.1) is 0 Å². The molecule has 0 unspecified atom stereocenters. The van der Waals surface area contributed by atoms with E-state index in [0.717, 1.165) is 25.7 Å². The predicted molar refractivity (Wildman–Crippen MR) is 102 cm³/mol. The molecule has 0 N–H and O–H groups in total. The number of esters is 2. The molecule has 0 aliphatic rings. The summed E-state index contributed by atoms with van der Waals surface area (Å²) in [5, 5.41) is 0. The van der Waals surface area contributed by atoms with Gasteiger partial charge >= 0.3 is 11.9 Å². The molecule has 146 valence electrons. The SMILES string of the molecule is CCCCC/C=C\CCOC(=O)CCCCC(=O)OCCCC(C)C. The summed E-state index contributed by atoms with van der Waals surface area (Å²) in [5.74, 6) is 0.302. The molecule has 0 aliphatic carbocycles. The highest BCUT2D eigenvalue weighted by Gasteiger charge is 2.06. The van der Waals surface area contributed by atoms with Crippen LogP contribution >= 0.6 is 0 Å². The van der Waals surface area contributed by atoms with E-state index in [9.17, 15) is 9.59 Å². The summed E-state index contributed by atoms with van der Waals surface area (Å²) in [5.41, 5.74) is 0. The van der Waals surface area contributed by atoms with Gasteiger partial charge < -0.3 is 9.47 Å². The second-order valence-corrected chi connectivity index (χ2v) is 6.94. The third kappa shape index (κ3) is 18.9. The summed E-state index contributed by atoms with van der Waals surface area (Å²) < 4.78 is 10.3. The van der Waals surface area contributed by atoms with Crippen LogP contribution in [0.2, 0.25) is 0 Å². The maximum Gasteiger partial charge on any atom is 0.305 e. The van der Waals surface area contributed by atoms with Gasteiger partial charge in [-0.25, -0.2) is 0 Å². The Morgan fingerprint density at radius 2 is 1.40 bits per heavy atom. The molecule has 0 atom stereocenters. The lowest BCUT2D eigenvalue weighted by atomic mass is 10.1. The number of rotatable bonds is 16. The van der Waals surface area contributed by atoms with Crippen LogP contribution in [-0.2, 0) is 19.1 Å². The number of hydrogen-bond acceptors (Lipinski definition) is 4. The monoisotopic (exact) mass is 354 g/mol. The highest BCUT2D eigenvalue weighted by atomic mass is 16.5. The molecule has 25 heavy (non-hydrogen) atoms. The minimum atomic E-state index is -0.176. The molecule has 0 aromatic rings. The van der Waals surface area contributed by atoms with Crippen LogP contribution < -0.4 is 0 Å². The number of carbonyl (C=O) groups is 2. The third-order valence-electron chi connectivity index (χ3n) is 3.89. The van der Waals surface area contributed by atoms with E-state index in [1.54, 1.807) is 0 Å². The first-order valence-electron chi connectivity index (χ1n) is 10.0. The van der Waals surface area contributed by atoms with E-state index < -0.39 is 0 Å². The van der Waals surface area contributed by atoms with Crippen LogP contribution in [0, 0.1) is 5.92 Å². The summed E-state index contributed by atoms with van der Waals surface area (Å²) in [7, 11) is 0. The van der Waals surface area contributed by atoms with Crippen molar-refractivity contribution in [2.24, 2.45) is 5.92 Å². The van der Waals surface area contributed by atoms with Gasteiger partial charge in [0.25, 0.3) is 0 Å². The molecule has 4 nitrogen and oxygen atoms in total. The molecule has 0 amide bonds. The number of unbranched alkanes of at least 4 members (excludes halogenated alkanes) is 4. The molecule has 0 rings (SSSR count). The van der Waals surface area contributed by atoms with Crippen LogP contribution in [0.15, 0.2) is 12.2 Å². The van der Waals surface area contributed by atoms with Crippen LogP contribution in [0.4, 0.5) is 0 Å². The Morgan fingerprint density at radius 1 is 0.800 bits per heavy atom. The standard InChI is InChI=1S/C21H38O4/c1-4-5-6-7-8-9-12-17-24-20(22)15-10-11-16-21(23)25-18-13-14-19(2)3/h8-9,19H,4-7,10-18H2,1-3H3/b9-8-. The zero-order valence-electron chi connectivity index (χ0n) is 16.6. The first kappa shape index (κ1) is 23.7. The molecule has 0 heterocycles. The van der Waals surface area contributed by atoms with Crippen LogP contribution in [0.1, 0.15) is 91.4 Å². The van der Waals surface area contributed by atoms with Gasteiger partial charge in [-0.2, -0.15) is 0 Å². The molecular weight excluding hydrogens is 316 g/mol. The van der Waals surface area contributed by atoms with Crippen molar-refractivity contribution in [3.63, 3.8) is 0 Å². The van der Waals surface area contributed by atoms with Gasteiger partial charge in [0, 0.05) is 12.8 Å². The van der Waals surface area contributed by atoms with Gasteiger partial charge in [0.1, 0.15) is 0 Å². The van der Waals surface area contributed by atoms with Crippen molar-refractivity contribution in [1.82, 2.24) is 0 Å². The van der Waals surface area contributed by atoms with Crippen molar-refractivity contribution in [1.29, 1.82) is 0 Å². The van der Waals surface area contributed by atoms with Crippen molar-refractivity contribution < 1.29 is 19.1 Å². The molecular formula is C21H38O4. The smallest absolute Gasteiger partial charge is 0.305 e. The molecule has 0 radical (unpaired) electrons. The average molecular weight is 355 g/mol. The normalized spacial score (nSPS) is 11.2. The summed E-state index contributed by atoms with van der Waals surface area (Å²) in [6, 6.07) is 0. The largest absolute Gasteiger partial charge is 0.466 e. The van der Waals surface area contributed by atoms with Gasteiger partial charge in [0.2, 0.25) is 0 Å². The van der Waals surface area contributed by atoms with Gasteiger partial charge in [-0.3, -0.25) is 9.59 Å². The quantitative estimate of drug-likeness (QED) is 0.206. The van der Waals surface area contributed by atoms with Crippen LogP contribution in [-0.4, -0.2) is 25.2 Å². The number of carbonyl (C=O) groups excluding carboxylic acids is 2. The Hall–Kier alpha value is -1.32. The minimum absolute atomic E-state index is 0.162. The lowest BCUT2D eigenvalue weighted by Crippen LogP contribution is -2.08. The molecule has 0 aliphatic heterocycles. The lowest BCUT2D eigenvalue weighted by Gasteiger charge is -2.06. The van der Waals surface area contributed by atoms with E-state index in [4.69, 9.17) is 9.47 Å². The summed E-state index contributed by atoms with van der Waals surface area (Å²) in [6.45, 7) is 7.46. The molecule has 0 bridgehead atoms. The highest BCUT2D eigenvalue weighted by molar-refractivity contribution is 5.70. The number of ether oxygens (including phenoxy) is 2. The maximum absolute atomic E-state index is 11.6. The van der Waals surface area contributed by atoms with E-state index in [-0.39, 0.29) is 11.9 Å². The second kappa shape index (κ2) is 17.5. The fourth-order valence-corrected chi connectivity index (χ4v) is 2.35. The van der Waals surface area contributed by atoms with Gasteiger partial charge in [-0.1, -0.05) is 45.8 Å². The summed E-state index contributed by atoms with van der Waals surface area (Å²) in [6.07, 6.45) is 14.0. The van der Waals surface area contributed by atoms with E-state index in [0.29, 0.717) is 44.8 Å². The van der Waals surface area contributed by atoms with Gasteiger partial charge in [-0.05, 0) is 50.9 Å². The molecule has 0 spiro atoms. The van der Waals surface area contributed by atoms with Crippen molar-refractivity contribution >= 4 is 11.9 Å². The van der Waals surface area contributed by atoms with E-state index in [1.807, 2.05) is 0 Å². The molecule has 0 aromatic carbocycles. The fraction of sp³-hybridized carbons (Fsp3) is 0.810. The Balaban J connectivity index is 3.41. The Kier molecular flexibility index (Phi) is 16.6. The zero-order chi connectivity index (χ0) is 18.8. The molecule has 0 fully saturated rings. The Labute approximate surface area is 154 Å². The molecule has 0 aromatic heterocycles. The number of hydrogen-bond donors (Lipinski definition) is 0. The lowest BCUT2D eigenvalue weighted by molar-refractivity contribution is -0.146. The number of allylic oxidation sites excluding steroid dienone is 1. The topological polar surface area (TPSA) is 52.6 Å². The minimum Gasteiger partial charge on any atom is -0.466 e.